The SMILES string of the molecule is O=C(NCCc1ccccc1)C1CCN(C(=O)NC2CCCCC2)CC1. The van der Waals surface area contributed by atoms with E-state index < -0.39 is 0 Å². The molecule has 2 fully saturated rings. The number of likely N-dealkylation sites (tertiary alicyclic amines) is 1. The Bertz CT molecular complexity index is 576. The van der Waals surface area contributed by atoms with Crippen molar-refractivity contribution in [3.63, 3.8) is 0 Å². The van der Waals surface area contributed by atoms with Gasteiger partial charge in [-0.15, -0.1) is 0 Å². The molecule has 2 N–H and O–H groups in total. The maximum atomic E-state index is 12.4. The predicted molar refractivity (Wildman–Crippen MR) is 103 cm³/mol. The Morgan fingerprint density at radius 1 is 0.962 bits per heavy atom. The van der Waals surface area contributed by atoms with E-state index in [4.69, 9.17) is 0 Å². The van der Waals surface area contributed by atoms with Crippen molar-refractivity contribution in [1.82, 2.24) is 15.5 Å². The van der Waals surface area contributed by atoms with Gasteiger partial charge in [-0.25, -0.2) is 4.79 Å². The Morgan fingerprint density at radius 2 is 1.65 bits per heavy atom. The number of piperidine rings is 1. The Kier molecular flexibility index (Phi) is 6.92. The lowest BCUT2D eigenvalue weighted by molar-refractivity contribution is -0.126. The predicted octanol–water partition coefficient (Wildman–Crippen LogP) is 3.10. The van der Waals surface area contributed by atoms with Crippen LogP contribution in [0.1, 0.15) is 50.5 Å². The first-order valence-electron chi connectivity index (χ1n) is 10.1. The Labute approximate surface area is 156 Å². The van der Waals surface area contributed by atoms with Crippen LogP contribution in [0.4, 0.5) is 4.79 Å². The standard InChI is InChI=1S/C21H31N3O2/c25-20(22-14-11-17-7-3-1-4-8-17)18-12-15-24(16-13-18)21(26)23-19-9-5-2-6-10-19/h1,3-4,7-8,18-19H,2,5-6,9-16H2,(H,22,25)(H,23,26). The van der Waals surface area contributed by atoms with Gasteiger partial charge >= 0.3 is 6.03 Å². The average Bonchev–Trinajstić information content (AvgIpc) is 2.69. The first-order valence-corrected chi connectivity index (χ1v) is 10.1. The largest absolute Gasteiger partial charge is 0.356 e. The number of nitrogens with one attached hydrogen (secondary N) is 2. The van der Waals surface area contributed by atoms with E-state index in [0.717, 1.165) is 32.1 Å². The lowest BCUT2D eigenvalue weighted by atomic mass is 9.95. The molecule has 1 aliphatic carbocycles. The van der Waals surface area contributed by atoms with Gasteiger partial charge in [-0.3, -0.25) is 4.79 Å². The van der Waals surface area contributed by atoms with Gasteiger partial charge in [0.05, 0.1) is 0 Å². The second-order valence-electron chi connectivity index (χ2n) is 7.57. The normalized spacial score (nSPS) is 19.2. The van der Waals surface area contributed by atoms with Crippen molar-refractivity contribution in [3.8, 4) is 0 Å². The summed E-state index contributed by atoms with van der Waals surface area (Å²) >= 11 is 0. The number of benzene rings is 1. The minimum Gasteiger partial charge on any atom is -0.356 e. The zero-order valence-electron chi connectivity index (χ0n) is 15.6. The van der Waals surface area contributed by atoms with E-state index in [1.54, 1.807) is 0 Å². The molecular formula is C21H31N3O2. The summed E-state index contributed by atoms with van der Waals surface area (Å²) in [4.78, 5) is 26.6. The van der Waals surface area contributed by atoms with Crippen LogP contribution in [-0.2, 0) is 11.2 Å². The summed E-state index contributed by atoms with van der Waals surface area (Å²) in [6.07, 6.45) is 8.31. The highest BCUT2D eigenvalue weighted by Gasteiger charge is 2.28. The van der Waals surface area contributed by atoms with Gasteiger partial charge in [-0.05, 0) is 37.7 Å². The molecule has 1 aliphatic heterocycles. The maximum Gasteiger partial charge on any atom is 0.317 e. The molecule has 1 saturated carbocycles. The van der Waals surface area contributed by atoms with Crippen LogP contribution in [0.2, 0.25) is 0 Å². The van der Waals surface area contributed by atoms with E-state index in [9.17, 15) is 9.59 Å². The van der Waals surface area contributed by atoms with Gasteiger partial charge in [-0.1, -0.05) is 49.6 Å². The summed E-state index contributed by atoms with van der Waals surface area (Å²) in [6.45, 7) is 2.02. The lowest BCUT2D eigenvalue weighted by Gasteiger charge is -2.33. The number of hydrogen-bond donors (Lipinski definition) is 2. The van der Waals surface area contributed by atoms with Gasteiger partial charge in [0, 0.05) is 31.6 Å². The number of carbonyl (C=O) groups excluding carboxylic acids is 2. The van der Waals surface area contributed by atoms with Crippen molar-refractivity contribution in [3.05, 3.63) is 35.9 Å². The highest BCUT2D eigenvalue weighted by atomic mass is 16.2. The fraction of sp³-hybridized carbons (Fsp3) is 0.619. The highest BCUT2D eigenvalue weighted by molar-refractivity contribution is 5.79. The fourth-order valence-corrected chi connectivity index (χ4v) is 3.98. The maximum absolute atomic E-state index is 12.4. The quantitative estimate of drug-likeness (QED) is 0.851. The van der Waals surface area contributed by atoms with Crippen LogP contribution in [-0.4, -0.2) is 42.5 Å². The number of carbonyl (C=O) groups is 2. The van der Waals surface area contributed by atoms with E-state index in [1.807, 2.05) is 23.1 Å². The molecule has 1 saturated heterocycles. The van der Waals surface area contributed by atoms with Crippen LogP contribution in [0.15, 0.2) is 30.3 Å². The van der Waals surface area contributed by atoms with Gasteiger partial charge in [0.15, 0.2) is 0 Å². The number of rotatable bonds is 5. The van der Waals surface area contributed by atoms with Gasteiger partial charge in [-0.2, -0.15) is 0 Å². The molecule has 2 aliphatic rings. The van der Waals surface area contributed by atoms with Crippen LogP contribution < -0.4 is 10.6 Å². The molecule has 1 aromatic carbocycles. The Balaban J connectivity index is 1.34. The second kappa shape index (κ2) is 9.60. The molecular weight excluding hydrogens is 326 g/mol. The van der Waals surface area contributed by atoms with Crippen molar-refractivity contribution in [1.29, 1.82) is 0 Å². The van der Waals surface area contributed by atoms with Gasteiger partial charge in [0.25, 0.3) is 0 Å². The average molecular weight is 357 g/mol. The Morgan fingerprint density at radius 3 is 2.35 bits per heavy atom. The topological polar surface area (TPSA) is 61.4 Å². The molecule has 0 atom stereocenters. The zero-order chi connectivity index (χ0) is 18.2. The number of hydrogen-bond acceptors (Lipinski definition) is 2. The molecule has 1 heterocycles. The molecule has 3 rings (SSSR count). The fourth-order valence-electron chi connectivity index (χ4n) is 3.98. The molecule has 5 nitrogen and oxygen atoms in total. The molecule has 0 bridgehead atoms. The van der Waals surface area contributed by atoms with Crippen molar-refractivity contribution in [2.24, 2.45) is 5.92 Å². The monoisotopic (exact) mass is 357 g/mol. The molecule has 26 heavy (non-hydrogen) atoms. The van der Waals surface area contributed by atoms with Crippen LogP contribution in [0.25, 0.3) is 0 Å². The van der Waals surface area contributed by atoms with Crippen LogP contribution in [0.5, 0.6) is 0 Å². The third kappa shape index (κ3) is 5.48. The summed E-state index contributed by atoms with van der Waals surface area (Å²) in [7, 11) is 0. The molecule has 3 amide bonds. The smallest absolute Gasteiger partial charge is 0.317 e. The van der Waals surface area contributed by atoms with Gasteiger partial charge in [0.1, 0.15) is 0 Å². The van der Waals surface area contributed by atoms with Crippen LogP contribution in [0.3, 0.4) is 0 Å². The summed E-state index contributed by atoms with van der Waals surface area (Å²) in [6, 6.07) is 10.6. The lowest BCUT2D eigenvalue weighted by Crippen LogP contribution is -2.49. The van der Waals surface area contributed by atoms with E-state index in [0.29, 0.717) is 25.7 Å². The zero-order valence-corrected chi connectivity index (χ0v) is 15.6. The first-order chi connectivity index (χ1) is 12.7. The first kappa shape index (κ1) is 18.7. The van der Waals surface area contributed by atoms with E-state index >= 15 is 0 Å². The van der Waals surface area contributed by atoms with Crippen LogP contribution in [0, 0.1) is 5.92 Å². The molecule has 1 aromatic rings. The van der Waals surface area contributed by atoms with E-state index in [1.165, 1.54) is 24.8 Å². The number of amides is 3. The van der Waals surface area contributed by atoms with Crippen molar-refractivity contribution < 1.29 is 9.59 Å². The minimum atomic E-state index is 0.0319. The van der Waals surface area contributed by atoms with Crippen molar-refractivity contribution in [2.45, 2.75) is 57.4 Å². The Hall–Kier alpha value is -2.04. The highest BCUT2D eigenvalue weighted by Crippen LogP contribution is 2.20. The number of nitrogens with zero attached hydrogens (tertiary/aromatic N) is 1. The molecule has 0 unspecified atom stereocenters. The summed E-state index contributed by atoms with van der Waals surface area (Å²) < 4.78 is 0. The third-order valence-corrected chi connectivity index (χ3v) is 5.64. The van der Waals surface area contributed by atoms with Crippen molar-refractivity contribution >= 4 is 11.9 Å². The third-order valence-electron chi connectivity index (χ3n) is 5.64. The second-order valence-corrected chi connectivity index (χ2v) is 7.57. The van der Waals surface area contributed by atoms with Gasteiger partial charge < -0.3 is 15.5 Å². The molecule has 0 spiro atoms. The molecule has 0 radical (unpaired) electrons. The van der Waals surface area contributed by atoms with Crippen LogP contribution >= 0.6 is 0 Å². The van der Waals surface area contributed by atoms with E-state index in [-0.39, 0.29) is 17.9 Å². The summed E-state index contributed by atoms with van der Waals surface area (Å²) in [5.74, 6) is 0.165. The molecule has 142 valence electrons. The number of urea groups is 1. The van der Waals surface area contributed by atoms with E-state index in [2.05, 4.69) is 22.8 Å². The minimum absolute atomic E-state index is 0.0319. The van der Waals surface area contributed by atoms with Crippen molar-refractivity contribution in [2.75, 3.05) is 19.6 Å². The molecule has 0 aromatic heterocycles. The van der Waals surface area contributed by atoms with Gasteiger partial charge in [0.2, 0.25) is 5.91 Å². The molecule has 5 heteroatoms. The summed E-state index contributed by atoms with van der Waals surface area (Å²) in [5, 5.41) is 6.22. The summed E-state index contributed by atoms with van der Waals surface area (Å²) in [5.41, 5.74) is 1.24.